The third kappa shape index (κ3) is 4.05. The molecule has 1 atom stereocenters. The van der Waals surface area contributed by atoms with Gasteiger partial charge in [-0.1, -0.05) is 0 Å². The van der Waals surface area contributed by atoms with Gasteiger partial charge >= 0.3 is 0 Å². The number of likely N-dealkylation sites (N-methyl/N-ethyl adjacent to an activating group) is 1. The number of hydrogen-bond acceptors (Lipinski definition) is 5. The Balaban J connectivity index is 1.68. The molecule has 1 aliphatic heterocycles. The van der Waals surface area contributed by atoms with Crippen LogP contribution in [0.15, 0.2) is 14.7 Å². The van der Waals surface area contributed by atoms with E-state index in [-0.39, 0.29) is 6.04 Å². The molecule has 0 amide bonds. The van der Waals surface area contributed by atoms with E-state index in [9.17, 15) is 8.42 Å². The van der Waals surface area contributed by atoms with Crippen molar-refractivity contribution in [1.29, 1.82) is 0 Å². The first-order chi connectivity index (χ1) is 9.94. The van der Waals surface area contributed by atoms with Crippen LogP contribution in [-0.4, -0.2) is 45.5 Å². The first-order valence-electron chi connectivity index (χ1n) is 7.16. The molecule has 1 unspecified atom stereocenters. The van der Waals surface area contributed by atoms with Crippen LogP contribution >= 0.6 is 27.3 Å². The van der Waals surface area contributed by atoms with Crippen molar-refractivity contribution in [1.82, 2.24) is 14.9 Å². The highest BCUT2D eigenvalue weighted by Gasteiger charge is 2.28. The number of thiophene rings is 1. The van der Waals surface area contributed by atoms with E-state index in [0.717, 1.165) is 30.9 Å². The van der Waals surface area contributed by atoms with Crippen molar-refractivity contribution in [2.75, 3.05) is 20.1 Å². The van der Waals surface area contributed by atoms with Gasteiger partial charge in [-0.15, -0.1) is 11.3 Å². The van der Waals surface area contributed by atoms with E-state index in [1.165, 1.54) is 24.2 Å². The van der Waals surface area contributed by atoms with Crippen molar-refractivity contribution in [2.45, 2.75) is 42.8 Å². The summed E-state index contributed by atoms with van der Waals surface area (Å²) in [7, 11) is -1.43. The van der Waals surface area contributed by atoms with E-state index in [0.29, 0.717) is 14.7 Å². The van der Waals surface area contributed by atoms with Gasteiger partial charge in [0.25, 0.3) is 0 Å². The first kappa shape index (κ1) is 15.9. The Morgan fingerprint density at radius 1 is 1.38 bits per heavy atom. The molecule has 2 fully saturated rings. The molecule has 1 aromatic heterocycles. The van der Waals surface area contributed by atoms with Gasteiger partial charge in [0.2, 0.25) is 10.0 Å². The Morgan fingerprint density at radius 3 is 2.76 bits per heavy atom. The molecule has 0 bridgehead atoms. The summed E-state index contributed by atoms with van der Waals surface area (Å²) in [6, 6.07) is 2.42. The third-order valence-electron chi connectivity index (χ3n) is 3.85. The zero-order chi connectivity index (χ0) is 15.0. The molecule has 21 heavy (non-hydrogen) atoms. The van der Waals surface area contributed by atoms with Gasteiger partial charge in [-0.3, -0.25) is 0 Å². The summed E-state index contributed by atoms with van der Waals surface area (Å²) >= 11 is 4.89. The van der Waals surface area contributed by atoms with E-state index in [4.69, 9.17) is 0 Å². The number of sulfonamides is 1. The van der Waals surface area contributed by atoms with Crippen LogP contribution in [0.2, 0.25) is 0 Å². The fourth-order valence-electron chi connectivity index (χ4n) is 2.51. The second-order valence-electron chi connectivity index (χ2n) is 5.87. The van der Waals surface area contributed by atoms with Crippen LogP contribution in [0.5, 0.6) is 0 Å². The molecule has 1 aromatic rings. The Morgan fingerprint density at radius 2 is 2.14 bits per heavy atom. The van der Waals surface area contributed by atoms with Gasteiger partial charge in [0.05, 0.1) is 3.79 Å². The van der Waals surface area contributed by atoms with Gasteiger partial charge in [-0.2, -0.15) is 0 Å². The molecule has 3 rings (SSSR count). The van der Waals surface area contributed by atoms with Crippen LogP contribution in [0.1, 0.15) is 24.1 Å². The average Bonchev–Trinajstić information content (AvgIpc) is 3.03. The standard InChI is InChI=1S/C13H20BrN3O2S2/c1-17-5-4-10(8-17)16-21(18,19)12-6-11(20-13(12)14)7-15-9-2-3-9/h6,9-10,15-16H,2-5,7-8H2,1H3. The van der Waals surface area contributed by atoms with Crippen LogP contribution in [-0.2, 0) is 16.6 Å². The normalized spacial score (nSPS) is 23.8. The zero-order valence-electron chi connectivity index (χ0n) is 11.9. The molecule has 0 aromatic carbocycles. The second-order valence-corrected chi connectivity index (χ2v) is 10.0. The maximum absolute atomic E-state index is 12.5. The van der Waals surface area contributed by atoms with Crippen molar-refractivity contribution in [3.05, 3.63) is 14.7 Å². The number of halogens is 1. The minimum Gasteiger partial charge on any atom is -0.309 e. The fraction of sp³-hybridized carbons (Fsp3) is 0.692. The summed E-state index contributed by atoms with van der Waals surface area (Å²) in [5.41, 5.74) is 0. The molecule has 1 aliphatic carbocycles. The average molecular weight is 394 g/mol. The van der Waals surface area contributed by atoms with Crippen molar-refractivity contribution >= 4 is 37.3 Å². The van der Waals surface area contributed by atoms with Crippen molar-refractivity contribution in [3.63, 3.8) is 0 Å². The summed E-state index contributed by atoms with van der Waals surface area (Å²) in [5.74, 6) is 0. The fourth-order valence-corrected chi connectivity index (χ4v) is 6.41. The Bertz CT molecular complexity index is 613. The summed E-state index contributed by atoms with van der Waals surface area (Å²) in [6.45, 7) is 2.46. The molecule has 2 aliphatic rings. The molecule has 5 nitrogen and oxygen atoms in total. The lowest BCUT2D eigenvalue weighted by atomic mass is 10.3. The number of nitrogens with zero attached hydrogens (tertiary/aromatic N) is 1. The van der Waals surface area contributed by atoms with E-state index < -0.39 is 10.0 Å². The number of nitrogens with one attached hydrogen (secondary N) is 2. The lowest BCUT2D eigenvalue weighted by Crippen LogP contribution is -2.36. The molecule has 2 heterocycles. The van der Waals surface area contributed by atoms with Crippen LogP contribution in [0.4, 0.5) is 0 Å². The topological polar surface area (TPSA) is 61.4 Å². The number of rotatable bonds is 6. The van der Waals surface area contributed by atoms with Gasteiger partial charge < -0.3 is 10.2 Å². The Labute approximate surface area is 138 Å². The minimum absolute atomic E-state index is 0.0137. The SMILES string of the molecule is CN1CCC(NS(=O)(=O)c2cc(CNC3CC3)sc2Br)C1. The van der Waals surface area contributed by atoms with E-state index in [1.807, 2.05) is 7.05 Å². The summed E-state index contributed by atoms with van der Waals surface area (Å²) in [5, 5.41) is 3.41. The van der Waals surface area contributed by atoms with Gasteiger partial charge in [0, 0.05) is 30.1 Å². The van der Waals surface area contributed by atoms with Gasteiger partial charge in [0.1, 0.15) is 4.90 Å². The molecular formula is C13H20BrN3O2S2. The Hall–Kier alpha value is 0.01000. The highest BCUT2D eigenvalue weighted by atomic mass is 79.9. The monoisotopic (exact) mass is 393 g/mol. The largest absolute Gasteiger partial charge is 0.309 e. The van der Waals surface area contributed by atoms with Crippen LogP contribution in [0.3, 0.4) is 0 Å². The van der Waals surface area contributed by atoms with Crippen molar-refractivity contribution in [3.8, 4) is 0 Å². The highest BCUT2D eigenvalue weighted by molar-refractivity contribution is 9.11. The Kier molecular flexibility index (Phi) is 4.73. The summed E-state index contributed by atoms with van der Waals surface area (Å²) in [4.78, 5) is 3.56. The van der Waals surface area contributed by atoms with Crippen LogP contribution in [0, 0.1) is 0 Å². The predicted molar refractivity (Wildman–Crippen MR) is 88.1 cm³/mol. The first-order valence-corrected chi connectivity index (χ1v) is 10.3. The lowest BCUT2D eigenvalue weighted by Gasteiger charge is -2.12. The molecule has 0 radical (unpaired) electrons. The van der Waals surface area contributed by atoms with E-state index >= 15 is 0 Å². The number of hydrogen-bond donors (Lipinski definition) is 2. The number of likely N-dealkylation sites (tertiary alicyclic amines) is 1. The second kappa shape index (κ2) is 6.25. The van der Waals surface area contributed by atoms with Gasteiger partial charge in [-0.25, -0.2) is 13.1 Å². The van der Waals surface area contributed by atoms with E-state index in [2.05, 4.69) is 30.9 Å². The molecule has 8 heteroatoms. The molecule has 2 N–H and O–H groups in total. The maximum atomic E-state index is 12.5. The summed E-state index contributed by atoms with van der Waals surface area (Å²) in [6.07, 6.45) is 3.33. The molecule has 118 valence electrons. The quantitative estimate of drug-likeness (QED) is 0.772. The maximum Gasteiger partial charge on any atom is 0.242 e. The van der Waals surface area contributed by atoms with Crippen molar-refractivity contribution in [2.24, 2.45) is 0 Å². The predicted octanol–water partition coefficient (Wildman–Crippen LogP) is 1.75. The summed E-state index contributed by atoms with van der Waals surface area (Å²) < 4.78 is 28.5. The van der Waals surface area contributed by atoms with E-state index in [1.54, 1.807) is 6.07 Å². The molecular weight excluding hydrogens is 374 g/mol. The highest BCUT2D eigenvalue weighted by Crippen LogP contribution is 2.32. The molecule has 0 spiro atoms. The van der Waals surface area contributed by atoms with Gasteiger partial charge in [-0.05, 0) is 54.9 Å². The van der Waals surface area contributed by atoms with Crippen molar-refractivity contribution < 1.29 is 8.42 Å². The minimum atomic E-state index is -3.44. The van der Waals surface area contributed by atoms with Crippen LogP contribution < -0.4 is 10.0 Å². The van der Waals surface area contributed by atoms with Gasteiger partial charge in [0.15, 0.2) is 0 Å². The lowest BCUT2D eigenvalue weighted by molar-refractivity contribution is 0.407. The zero-order valence-corrected chi connectivity index (χ0v) is 15.2. The molecule has 1 saturated heterocycles. The molecule has 1 saturated carbocycles. The third-order valence-corrected chi connectivity index (χ3v) is 7.62. The smallest absolute Gasteiger partial charge is 0.242 e. The van der Waals surface area contributed by atoms with Crippen LogP contribution in [0.25, 0.3) is 0 Å².